The van der Waals surface area contributed by atoms with E-state index in [9.17, 15) is 24.7 Å². The molecule has 0 aromatic heterocycles. The minimum Gasteiger partial charge on any atom is -0.593 e. The van der Waals surface area contributed by atoms with Gasteiger partial charge in [-0.25, -0.2) is 4.79 Å². The van der Waals surface area contributed by atoms with Crippen molar-refractivity contribution in [1.29, 1.82) is 0 Å². The summed E-state index contributed by atoms with van der Waals surface area (Å²) in [5.74, 6) is -1.93. The summed E-state index contributed by atoms with van der Waals surface area (Å²) in [5, 5.41) is 27.8. The molecule has 2 aromatic carbocycles. The van der Waals surface area contributed by atoms with E-state index in [0.717, 1.165) is 6.07 Å². The highest BCUT2D eigenvalue weighted by Gasteiger charge is 2.26. The van der Waals surface area contributed by atoms with Crippen molar-refractivity contribution in [3.63, 3.8) is 0 Å². The van der Waals surface area contributed by atoms with Gasteiger partial charge >= 0.3 is 5.97 Å². The van der Waals surface area contributed by atoms with Gasteiger partial charge in [-0.05, 0) is 17.7 Å². The number of carboxylic acids is 1. The number of aliphatic carboxylic acids is 1. The van der Waals surface area contributed by atoms with Gasteiger partial charge < -0.3 is 19.9 Å². The van der Waals surface area contributed by atoms with E-state index in [4.69, 9.17) is 0 Å². The van der Waals surface area contributed by atoms with Crippen molar-refractivity contribution in [3.8, 4) is 11.5 Å². The molecule has 0 saturated carbocycles. The fourth-order valence-corrected chi connectivity index (χ4v) is 2.70. The van der Waals surface area contributed by atoms with Gasteiger partial charge in [-0.15, -0.1) is 4.72 Å². The highest BCUT2D eigenvalue weighted by atomic mass is 32.2. The smallest absolute Gasteiger partial charge is 0.329 e. The van der Waals surface area contributed by atoms with Crippen molar-refractivity contribution in [1.82, 2.24) is 4.72 Å². The van der Waals surface area contributed by atoms with Crippen LogP contribution in [0.1, 0.15) is 11.6 Å². The van der Waals surface area contributed by atoms with Gasteiger partial charge in [0.05, 0.1) is 11.4 Å². The maximum atomic E-state index is 12.1. The Bertz CT molecular complexity index is 635. The fourth-order valence-electron chi connectivity index (χ4n) is 1.70. The number of aromatic hydroxyl groups is 2. The van der Waals surface area contributed by atoms with E-state index in [1.165, 1.54) is 12.1 Å². The zero-order valence-corrected chi connectivity index (χ0v) is 11.6. The Morgan fingerprint density at radius 2 is 1.76 bits per heavy atom. The van der Waals surface area contributed by atoms with Crippen LogP contribution in [0, 0.1) is 0 Å². The highest BCUT2D eigenvalue weighted by Crippen LogP contribution is 2.27. The molecule has 0 fully saturated rings. The Kier molecular flexibility index (Phi) is 4.69. The summed E-state index contributed by atoms with van der Waals surface area (Å²) >= 11 is -1.86. The molecule has 0 radical (unpaired) electrons. The lowest BCUT2D eigenvalue weighted by Crippen LogP contribution is -2.33. The van der Waals surface area contributed by atoms with Crippen molar-refractivity contribution < 1.29 is 24.7 Å². The molecule has 2 rings (SSSR count). The van der Waals surface area contributed by atoms with Gasteiger partial charge in [-0.2, -0.15) is 0 Å². The van der Waals surface area contributed by atoms with Gasteiger partial charge in [0, 0.05) is 6.07 Å². The van der Waals surface area contributed by atoms with Gasteiger partial charge in [0.1, 0.15) is 0 Å². The molecule has 0 heterocycles. The van der Waals surface area contributed by atoms with Gasteiger partial charge in [0.2, 0.25) is 0 Å². The third-order valence-electron chi connectivity index (χ3n) is 2.77. The summed E-state index contributed by atoms with van der Waals surface area (Å²) in [6, 6.07) is 10.8. The van der Waals surface area contributed by atoms with Crippen molar-refractivity contribution >= 4 is 17.3 Å². The molecule has 0 aliphatic carbocycles. The van der Waals surface area contributed by atoms with Crippen molar-refractivity contribution in [2.45, 2.75) is 10.9 Å². The first-order valence-electron chi connectivity index (χ1n) is 5.96. The second-order valence-electron chi connectivity index (χ2n) is 4.22. The van der Waals surface area contributed by atoms with Crippen LogP contribution in [0.4, 0.5) is 0 Å². The minimum atomic E-state index is -1.86. The zero-order chi connectivity index (χ0) is 15.4. The molecule has 0 aliphatic heterocycles. The maximum absolute atomic E-state index is 12.1. The molecule has 110 valence electrons. The van der Waals surface area contributed by atoms with Crippen LogP contribution >= 0.6 is 0 Å². The number of hydrogen-bond acceptors (Lipinski definition) is 5. The Hall–Kier alpha value is -2.22. The number of benzene rings is 2. The third-order valence-corrected chi connectivity index (χ3v) is 3.90. The van der Waals surface area contributed by atoms with E-state index in [1.54, 1.807) is 30.3 Å². The summed E-state index contributed by atoms with van der Waals surface area (Å²) in [5.41, 5.74) is 0.460. The molecular weight excluding hydrogens is 294 g/mol. The molecule has 2 unspecified atom stereocenters. The van der Waals surface area contributed by atoms with E-state index in [-0.39, 0.29) is 10.6 Å². The molecule has 2 atom stereocenters. The normalized spacial score (nSPS) is 13.6. The summed E-state index contributed by atoms with van der Waals surface area (Å²) in [4.78, 5) is 11.5. The lowest BCUT2D eigenvalue weighted by Gasteiger charge is -2.17. The minimum absolute atomic E-state index is 0.160. The lowest BCUT2D eigenvalue weighted by atomic mass is 10.1. The number of carbonyl (C=O) groups is 1. The van der Waals surface area contributed by atoms with E-state index < -0.39 is 29.1 Å². The molecule has 21 heavy (non-hydrogen) atoms. The molecule has 2 aromatic rings. The van der Waals surface area contributed by atoms with Crippen LogP contribution in [0.3, 0.4) is 0 Å². The fraction of sp³-hybridized carbons (Fsp3) is 0.0714. The Labute approximate surface area is 124 Å². The summed E-state index contributed by atoms with van der Waals surface area (Å²) in [6.45, 7) is 0. The second-order valence-corrected chi connectivity index (χ2v) is 5.46. The Balaban J connectivity index is 2.20. The SMILES string of the molecule is O=C(O)C(N[S+]([O-])c1ccc(O)c(O)c1)c1ccccc1. The van der Waals surface area contributed by atoms with Crippen LogP contribution in [-0.4, -0.2) is 25.8 Å². The number of phenolic OH excluding ortho intramolecular Hbond substituents is 2. The average molecular weight is 307 g/mol. The number of hydrogen-bond donors (Lipinski definition) is 4. The molecule has 0 spiro atoms. The van der Waals surface area contributed by atoms with E-state index in [2.05, 4.69) is 4.72 Å². The summed E-state index contributed by atoms with van der Waals surface area (Å²) in [6.07, 6.45) is 0. The Morgan fingerprint density at radius 3 is 2.33 bits per heavy atom. The molecule has 0 bridgehead atoms. The van der Waals surface area contributed by atoms with Gasteiger partial charge in [-0.1, -0.05) is 30.3 Å². The quantitative estimate of drug-likeness (QED) is 0.492. The van der Waals surface area contributed by atoms with Crippen LogP contribution in [-0.2, 0) is 16.2 Å². The molecular formula is C14H13NO5S. The van der Waals surface area contributed by atoms with Crippen LogP contribution in [0.25, 0.3) is 0 Å². The van der Waals surface area contributed by atoms with Gasteiger partial charge in [-0.3, -0.25) is 0 Å². The van der Waals surface area contributed by atoms with Crippen molar-refractivity contribution in [2.75, 3.05) is 0 Å². The largest absolute Gasteiger partial charge is 0.593 e. The number of nitrogens with one attached hydrogen (secondary N) is 1. The number of rotatable bonds is 5. The molecule has 0 saturated heterocycles. The van der Waals surface area contributed by atoms with Crippen LogP contribution in [0.5, 0.6) is 11.5 Å². The monoisotopic (exact) mass is 307 g/mol. The van der Waals surface area contributed by atoms with Crippen LogP contribution < -0.4 is 4.72 Å². The average Bonchev–Trinajstić information content (AvgIpc) is 2.48. The van der Waals surface area contributed by atoms with Crippen molar-refractivity contribution in [3.05, 3.63) is 54.1 Å². The van der Waals surface area contributed by atoms with Crippen molar-refractivity contribution in [2.24, 2.45) is 0 Å². The zero-order valence-electron chi connectivity index (χ0n) is 10.8. The Morgan fingerprint density at radius 1 is 1.10 bits per heavy atom. The highest BCUT2D eigenvalue weighted by molar-refractivity contribution is 7.89. The molecule has 7 heteroatoms. The molecule has 4 N–H and O–H groups in total. The molecule has 6 nitrogen and oxygen atoms in total. The van der Waals surface area contributed by atoms with Gasteiger partial charge in [0.25, 0.3) is 0 Å². The maximum Gasteiger partial charge on any atom is 0.329 e. The second kappa shape index (κ2) is 6.49. The number of phenols is 2. The predicted molar refractivity (Wildman–Crippen MR) is 76.1 cm³/mol. The molecule has 0 aliphatic rings. The van der Waals surface area contributed by atoms with Crippen LogP contribution in [0.15, 0.2) is 53.4 Å². The standard InChI is InChI=1S/C14H13NO5S/c16-11-7-6-10(8-12(11)17)21(20)15-13(14(18)19)9-4-2-1-3-5-9/h1-8,13,15-17H,(H,18,19). The first kappa shape index (κ1) is 15.2. The third kappa shape index (κ3) is 3.66. The first-order valence-corrected chi connectivity index (χ1v) is 7.11. The summed E-state index contributed by atoms with van der Waals surface area (Å²) < 4.78 is 14.6. The first-order chi connectivity index (χ1) is 9.99. The topological polar surface area (TPSA) is 113 Å². The van der Waals surface area contributed by atoms with E-state index >= 15 is 0 Å². The summed E-state index contributed by atoms with van der Waals surface area (Å²) in [7, 11) is 0. The van der Waals surface area contributed by atoms with E-state index in [0.29, 0.717) is 5.56 Å². The van der Waals surface area contributed by atoms with E-state index in [1.807, 2.05) is 0 Å². The van der Waals surface area contributed by atoms with Gasteiger partial charge in [0.15, 0.2) is 22.4 Å². The predicted octanol–water partition coefficient (Wildman–Crippen LogP) is 1.54. The lowest BCUT2D eigenvalue weighted by molar-refractivity contribution is -0.139. The van der Waals surface area contributed by atoms with Crippen LogP contribution in [0.2, 0.25) is 0 Å². The number of carboxylic acid groups (broad SMARTS) is 1. The molecule has 0 amide bonds.